The molecule has 0 saturated heterocycles. The van der Waals surface area contributed by atoms with Crippen LogP contribution in [0.1, 0.15) is 27.9 Å². The minimum atomic E-state index is -3.55. The Kier molecular flexibility index (Phi) is 4.87. The number of nitrogens with one attached hydrogen (secondary N) is 1. The van der Waals surface area contributed by atoms with E-state index in [-0.39, 0.29) is 10.5 Å². The minimum absolute atomic E-state index is 0.228. The first-order valence-corrected chi connectivity index (χ1v) is 10.6. The van der Waals surface area contributed by atoms with Gasteiger partial charge in [0.25, 0.3) is 5.56 Å². The van der Waals surface area contributed by atoms with Crippen molar-refractivity contribution in [1.82, 2.24) is 14.5 Å². The minimum Gasteiger partial charge on any atom is -0.268 e. The normalized spacial score (nSPS) is 14.6. The zero-order valence-electron chi connectivity index (χ0n) is 15.6. The number of aromatic nitrogens is 2. The molecule has 0 amide bonds. The summed E-state index contributed by atoms with van der Waals surface area (Å²) in [7, 11) is -3.55. The number of hydrogen-bond donors (Lipinski definition) is 1. The molecule has 4 rings (SSSR count). The molecule has 0 radical (unpaired) electrons. The molecule has 0 unspecified atom stereocenters. The highest BCUT2D eigenvalue weighted by atomic mass is 32.2. The predicted molar refractivity (Wildman–Crippen MR) is 107 cm³/mol. The molecule has 1 aliphatic rings. The second-order valence-corrected chi connectivity index (χ2v) is 8.98. The van der Waals surface area contributed by atoms with Crippen molar-refractivity contribution >= 4 is 10.0 Å². The van der Waals surface area contributed by atoms with Gasteiger partial charge in [-0.2, -0.15) is 9.40 Å². The van der Waals surface area contributed by atoms with Gasteiger partial charge in [-0.25, -0.2) is 13.5 Å². The van der Waals surface area contributed by atoms with Gasteiger partial charge >= 0.3 is 0 Å². The van der Waals surface area contributed by atoms with Gasteiger partial charge in [0.2, 0.25) is 10.0 Å². The monoisotopic (exact) mass is 395 g/mol. The average Bonchev–Trinajstić information content (AvgIpc) is 2.71. The standard InChI is InChI=1S/C21H21N3O3S/c1-15-12-19(21(25)23-22-15)13-16-6-8-20(9-7-16)28(26,27)24-11-10-17-4-2-3-5-18(17)14-24/h2-9,12H,10-11,13-14H2,1H3,(H,23,25). The lowest BCUT2D eigenvalue weighted by molar-refractivity contribution is 0.391. The summed E-state index contributed by atoms with van der Waals surface area (Å²) in [4.78, 5) is 12.2. The summed E-state index contributed by atoms with van der Waals surface area (Å²) in [6.07, 6.45) is 1.15. The second kappa shape index (κ2) is 7.33. The summed E-state index contributed by atoms with van der Waals surface area (Å²) in [5.74, 6) is 0. The predicted octanol–water partition coefficient (Wildman–Crippen LogP) is 2.42. The van der Waals surface area contributed by atoms with E-state index in [1.807, 2.05) is 25.1 Å². The smallest absolute Gasteiger partial charge is 0.267 e. The van der Waals surface area contributed by atoms with Crippen molar-refractivity contribution in [2.45, 2.75) is 31.2 Å². The summed E-state index contributed by atoms with van der Waals surface area (Å²) in [6, 6.07) is 16.5. The van der Waals surface area contributed by atoms with Crippen LogP contribution in [0.15, 0.2) is 64.3 Å². The summed E-state index contributed by atoms with van der Waals surface area (Å²) in [5, 5.41) is 6.34. The molecule has 0 aliphatic carbocycles. The quantitative estimate of drug-likeness (QED) is 0.735. The molecule has 3 aromatic rings. The summed E-state index contributed by atoms with van der Waals surface area (Å²) in [6.45, 7) is 2.69. The lowest BCUT2D eigenvalue weighted by Crippen LogP contribution is -2.35. The SMILES string of the molecule is Cc1cc(Cc2ccc(S(=O)(=O)N3CCc4ccccc4C3)cc2)c(=O)[nH]n1. The lowest BCUT2D eigenvalue weighted by Gasteiger charge is -2.28. The van der Waals surface area contributed by atoms with Crippen LogP contribution in [0.2, 0.25) is 0 Å². The molecule has 1 aliphatic heterocycles. The van der Waals surface area contributed by atoms with Crippen LogP contribution in [-0.2, 0) is 29.4 Å². The first-order valence-electron chi connectivity index (χ1n) is 9.14. The third-order valence-corrected chi connectivity index (χ3v) is 6.92. The van der Waals surface area contributed by atoms with Gasteiger partial charge in [-0.05, 0) is 48.2 Å². The number of nitrogens with zero attached hydrogens (tertiary/aromatic N) is 2. The van der Waals surface area contributed by atoms with Gasteiger partial charge < -0.3 is 0 Å². The second-order valence-electron chi connectivity index (χ2n) is 7.04. The maximum atomic E-state index is 13.0. The Hall–Kier alpha value is -2.77. The number of fused-ring (bicyclic) bond motifs is 1. The van der Waals surface area contributed by atoms with E-state index in [1.165, 1.54) is 9.87 Å². The first-order chi connectivity index (χ1) is 13.4. The van der Waals surface area contributed by atoms with E-state index >= 15 is 0 Å². The molecule has 2 heterocycles. The highest BCUT2D eigenvalue weighted by Crippen LogP contribution is 2.25. The lowest BCUT2D eigenvalue weighted by atomic mass is 10.0. The van der Waals surface area contributed by atoms with E-state index in [1.54, 1.807) is 30.3 Å². The average molecular weight is 395 g/mol. The number of benzene rings is 2. The molecule has 0 fully saturated rings. The van der Waals surface area contributed by atoms with Gasteiger partial charge in [-0.1, -0.05) is 36.4 Å². The Labute approximate surface area is 163 Å². The summed E-state index contributed by atoms with van der Waals surface area (Å²) in [5.41, 5.74) is 4.26. The molecular formula is C21H21N3O3S. The molecule has 0 saturated carbocycles. The third kappa shape index (κ3) is 3.63. The Bertz CT molecular complexity index is 1170. The Morgan fingerprint density at radius 2 is 1.79 bits per heavy atom. The molecule has 6 nitrogen and oxygen atoms in total. The molecule has 7 heteroatoms. The fourth-order valence-corrected chi connectivity index (χ4v) is 4.93. The van der Waals surface area contributed by atoms with Gasteiger partial charge in [-0.15, -0.1) is 0 Å². The number of aryl methyl sites for hydroxylation is 1. The first kappa shape index (κ1) is 18.6. The van der Waals surface area contributed by atoms with Crippen LogP contribution < -0.4 is 5.56 Å². The van der Waals surface area contributed by atoms with E-state index in [4.69, 9.17) is 0 Å². The molecule has 28 heavy (non-hydrogen) atoms. The molecule has 144 valence electrons. The van der Waals surface area contributed by atoms with Gasteiger partial charge in [0.05, 0.1) is 10.6 Å². The molecular weight excluding hydrogens is 374 g/mol. The van der Waals surface area contributed by atoms with Crippen molar-refractivity contribution in [3.05, 3.63) is 92.9 Å². The van der Waals surface area contributed by atoms with Crippen LogP contribution in [0.25, 0.3) is 0 Å². The zero-order valence-corrected chi connectivity index (χ0v) is 16.4. The summed E-state index contributed by atoms with van der Waals surface area (Å²) < 4.78 is 27.6. The van der Waals surface area contributed by atoms with E-state index in [0.717, 1.165) is 23.2 Å². The van der Waals surface area contributed by atoms with Crippen LogP contribution in [0, 0.1) is 6.92 Å². The Morgan fingerprint density at radius 1 is 1.07 bits per heavy atom. The largest absolute Gasteiger partial charge is 0.268 e. The number of aromatic amines is 1. The van der Waals surface area contributed by atoms with Gasteiger partial charge in [-0.3, -0.25) is 4.79 Å². The molecule has 0 atom stereocenters. The van der Waals surface area contributed by atoms with Crippen molar-refractivity contribution in [3.63, 3.8) is 0 Å². The van der Waals surface area contributed by atoms with Crippen molar-refractivity contribution in [1.29, 1.82) is 0 Å². The molecule has 0 bridgehead atoms. The van der Waals surface area contributed by atoms with Crippen LogP contribution >= 0.6 is 0 Å². The van der Waals surface area contributed by atoms with Crippen molar-refractivity contribution in [2.75, 3.05) is 6.54 Å². The Morgan fingerprint density at radius 3 is 2.54 bits per heavy atom. The number of rotatable bonds is 4. The van der Waals surface area contributed by atoms with Crippen LogP contribution in [0.3, 0.4) is 0 Å². The van der Waals surface area contributed by atoms with Crippen LogP contribution in [0.5, 0.6) is 0 Å². The Balaban J connectivity index is 1.55. The van der Waals surface area contributed by atoms with Gasteiger partial charge in [0.15, 0.2) is 0 Å². The highest BCUT2D eigenvalue weighted by molar-refractivity contribution is 7.89. The highest BCUT2D eigenvalue weighted by Gasteiger charge is 2.28. The van der Waals surface area contributed by atoms with Crippen LogP contribution in [-0.4, -0.2) is 29.5 Å². The number of sulfonamides is 1. The van der Waals surface area contributed by atoms with Gasteiger partial charge in [0, 0.05) is 25.1 Å². The molecule has 1 N–H and O–H groups in total. The van der Waals surface area contributed by atoms with Gasteiger partial charge in [0.1, 0.15) is 0 Å². The molecule has 1 aromatic heterocycles. The van der Waals surface area contributed by atoms with E-state index < -0.39 is 10.0 Å². The maximum absolute atomic E-state index is 13.0. The summed E-state index contributed by atoms with van der Waals surface area (Å²) >= 11 is 0. The van der Waals surface area contributed by atoms with Crippen molar-refractivity contribution in [3.8, 4) is 0 Å². The van der Waals surface area contributed by atoms with E-state index in [9.17, 15) is 13.2 Å². The zero-order chi connectivity index (χ0) is 19.7. The van der Waals surface area contributed by atoms with E-state index in [2.05, 4.69) is 16.3 Å². The fourth-order valence-electron chi connectivity index (χ4n) is 3.52. The molecule has 0 spiro atoms. The van der Waals surface area contributed by atoms with Crippen molar-refractivity contribution < 1.29 is 8.42 Å². The number of hydrogen-bond acceptors (Lipinski definition) is 4. The third-order valence-electron chi connectivity index (χ3n) is 5.06. The fraction of sp³-hybridized carbons (Fsp3) is 0.238. The molecule has 2 aromatic carbocycles. The van der Waals surface area contributed by atoms with E-state index in [0.29, 0.717) is 25.1 Å². The number of H-pyrrole nitrogens is 1. The van der Waals surface area contributed by atoms with Crippen molar-refractivity contribution in [2.24, 2.45) is 0 Å². The maximum Gasteiger partial charge on any atom is 0.267 e. The topological polar surface area (TPSA) is 83.1 Å². The van der Waals surface area contributed by atoms with Crippen LogP contribution in [0.4, 0.5) is 0 Å².